The van der Waals surface area contributed by atoms with Crippen molar-refractivity contribution in [1.29, 1.82) is 0 Å². The average molecular weight is 338 g/mol. The van der Waals surface area contributed by atoms with E-state index >= 15 is 0 Å². The molecule has 2 aromatic carbocycles. The molecule has 1 heterocycles. The van der Waals surface area contributed by atoms with Gasteiger partial charge in [0.15, 0.2) is 0 Å². The van der Waals surface area contributed by atoms with Crippen LogP contribution < -0.4 is 9.64 Å². The molecule has 0 spiro atoms. The third-order valence-electron chi connectivity index (χ3n) is 3.42. The maximum Gasteiger partial charge on any atom is 0.238 e. The zero-order valence-corrected chi connectivity index (χ0v) is 13.3. The SMILES string of the molecule is COc1ccc(N2C(=O)CS[C@@H]2c2cccc(F)c2)cc1Cl. The minimum atomic E-state index is -0.315. The molecule has 22 heavy (non-hydrogen) atoms. The molecule has 1 aliphatic rings. The number of carbonyl (C=O) groups is 1. The van der Waals surface area contributed by atoms with Gasteiger partial charge in [-0.3, -0.25) is 9.69 Å². The van der Waals surface area contributed by atoms with Crippen LogP contribution >= 0.6 is 23.4 Å². The fraction of sp³-hybridized carbons (Fsp3) is 0.188. The highest BCUT2D eigenvalue weighted by molar-refractivity contribution is 8.00. The van der Waals surface area contributed by atoms with Crippen LogP contribution in [0.4, 0.5) is 10.1 Å². The van der Waals surface area contributed by atoms with Crippen LogP contribution in [0, 0.1) is 5.82 Å². The Morgan fingerprint density at radius 2 is 2.14 bits per heavy atom. The lowest BCUT2D eigenvalue weighted by atomic mass is 10.2. The van der Waals surface area contributed by atoms with Gasteiger partial charge in [0.25, 0.3) is 0 Å². The van der Waals surface area contributed by atoms with E-state index < -0.39 is 0 Å². The largest absolute Gasteiger partial charge is 0.495 e. The summed E-state index contributed by atoms with van der Waals surface area (Å²) < 4.78 is 18.6. The zero-order chi connectivity index (χ0) is 15.7. The van der Waals surface area contributed by atoms with Gasteiger partial charge in [0.2, 0.25) is 5.91 Å². The summed E-state index contributed by atoms with van der Waals surface area (Å²) in [6.45, 7) is 0. The Bertz CT molecular complexity index is 725. The molecule has 0 unspecified atom stereocenters. The molecule has 1 atom stereocenters. The first-order valence-electron chi connectivity index (χ1n) is 6.63. The first-order valence-corrected chi connectivity index (χ1v) is 8.05. The molecule has 3 rings (SSSR count). The summed E-state index contributed by atoms with van der Waals surface area (Å²) in [6, 6.07) is 11.5. The highest BCUT2D eigenvalue weighted by atomic mass is 35.5. The number of benzene rings is 2. The summed E-state index contributed by atoms with van der Waals surface area (Å²) in [4.78, 5) is 13.9. The van der Waals surface area contributed by atoms with Gasteiger partial charge in [0.1, 0.15) is 16.9 Å². The number of ether oxygens (including phenoxy) is 1. The zero-order valence-electron chi connectivity index (χ0n) is 11.8. The highest BCUT2D eigenvalue weighted by Gasteiger charge is 2.34. The molecule has 0 aromatic heterocycles. The summed E-state index contributed by atoms with van der Waals surface area (Å²) in [6.07, 6.45) is 0. The van der Waals surface area contributed by atoms with E-state index in [0.717, 1.165) is 5.56 Å². The highest BCUT2D eigenvalue weighted by Crippen LogP contribution is 2.43. The van der Waals surface area contributed by atoms with Gasteiger partial charge in [-0.2, -0.15) is 0 Å². The Balaban J connectivity index is 1.99. The number of methoxy groups -OCH3 is 1. The number of amides is 1. The average Bonchev–Trinajstić information content (AvgIpc) is 2.89. The molecule has 2 aromatic rings. The quantitative estimate of drug-likeness (QED) is 0.837. The van der Waals surface area contributed by atoms with Crippen molar-refractivity contribution >= 4 is 35.0 Å². The van der Waals surface area contributed by atoms with Gasteiger partial charge < -0.3 is 4.74 Å². The van der Waals surface area contributed by atoms with E-state index in [-0.39, 0.29) is 17.1 Å². The van der Waals surface area contributed by atoms with Crippen LogP contribution in [0.3, 0.4) is 0 Å². The van der Waals surface area contributed by atoms with Crippen molar-refractivity contribution < 1.29 is 13.9 Å². The van der Waals surface area contributed by atoms with Crippen LogP contribution in [-0.4, -0.2) is 18.8 Å². The van der Waals surface area contributed by atoms with E-state index in [4.69, 9.17) is 16.3 Å². The lowest BCUT2D eigenvalue weighted by Gasteiger charge is -2.24. The third kappa shape index (κ3) is 2.78. The molecule has 0 saturated carbocycles. The Morgan fingerprint density at radius 1 is 1.32 bits per heavy atom. The Hall–Kier alpha value is -1.72. The number of rotatable bonds is 3. The minimum Gasteiger partial charge on any atom is -0.495 e. The van der Waals surface area contributed by atoms with Crippen molar-refractivity contribution in [3.05, 3.63) is 58.9 Å². The summed E-state index contributed by atoms with van der Waals surface area (Å²) in [7, 11) is 1.54. The van der Waals surface area contributed by atoms with Gasteiger partial charge in [0.05, 0.1) is 17.9 Å². The monoisotopic (exact) mass is 337 g/mol. The first-order chi connectivity index (χ1) is 10.6. The Kier molecular flexibility index (Phi) is 4.27. The number of hydrogen-bond acceptors (Lipinski definition) is 3. The molecule has 6 heteroatoms. The fourth-order valence-corrected chi connectivity index (χ4v) is 3.83. The second kappa shape index (κ2) is 6.18. The molecule has 1 aliphatic heterocycles. The van der Waals surface area contributed by atoms with Crippen molar-refractivity contribution in [3.63, 3.8) is 0 Å². The third-order valence-corrected chi connectivity index (χ3v) is 4.92. The molecule has 0 radical (unpaired) electrons. The van der Waals surface area contributed by atoms with Crippen molar-refractivity contribution in [2.75, 3.05) is 17.8 Å². The standard InChI is InChI=1S/C16H13ClFNO2S/c1-21-14-6-5-12(8-13(14)17)19-15(20)9-22-16(19)10-3-2-4-11(18)7-10/h2-8,16H,9H2,1H3/t16-/m1/s1. The van der Waals surface area contributed by atoms with E-state index in [1.165, 1.54) is 31.0 Å². The van der Waals surface area contributed by atoms with E-state index in [2.05, 4.69) is 0 Å². The van der Waals surface area contributed by atoms with Crippen LogP contribution in [0.1, 0.15) is 10.9 Å². The lowest BCUT2D eigenvalue weighted by molar-refractivity contribution is -0.115. The predicted molar refractivity (Wildman–Crippen MR) is 87.1 cm³/mol. The molecule has 3 nitrogen and oxygen atoms in total. The Morgan fingerprint density at radius 3 is 2.82 bits per heavy atom. The predicted octanol–water partition coefficient (Wildman–Crippen LogP) is 4.27. The molecule has 1 saturated heterocycles. The second-order valence-corrected chi connectivity index (χ2v) is 6.28. The van der Waals surface area contributed by atoms with Gasteiger partial charge >= 0.3 is 0 Å². The maximum atomic E-state index is 13.5. The van der Waals surface area contributed by atoms with Crippen LogP contribution in [0.2, 0.25) is 5.02 Å². The van der Waals surface area contributed by atoms with Gasteiger partial charge in [0, 0.05) is 5.69 Å². The molecule has 0 bridgehead atoms. The van der Waals surface area contributed by atoms with Crippen molar-refractivity contribution in [1.82, 2.24) is 0 Å². The summed E-state index contributed by atoms with van der Waals surface area (Å²) in [5, 5.41) is 0.176. The smallest absolute Gasteiger partial charge is 0.238 e. The molecular formula is C16H13ClFNO2S. The normalized spacial score (nSPS) is 17.9. The van der Waals surface area contributed by atoms with Crippen molar-refractivity contribution in [2.45, 2.75) is 5.37 Å². The summed E-state index contributed by atoms with van der Waals surface area (Å²) in [5.74, 6) is 0.558. The molecule has 114 valence electrons. The molecular weight excluding hydrogens is 325 g/mol. The molecule has 1 fully saturated rings. The van der Waals surface area contributed by atoms with E-state index in [9.17, 15) is 9.18 Å². The molecule has 1 amide bonds. The number of hydrogen-bond donors (Lipinski definition) is 0. The first kappa shape index (κ1) is 15.2. The maximum absolute atomic E-state index is 13.5. The van der Waals surface area contributed by atoms with Crippen LogP contribution in [-0.2, 0) is 4.79 Å². The van der Waals surface area contributed by atoms with E-state index in [1.807, 2.05) is 6.07 Å². The number of halogens is 2. The topological polar surface area (TPSA) is 29.5 Å². The van der Waals surface area contributed by atoms with Crippen LogP contribution in [0.5, 0.6) is 5.75 Å². The fourth-order valence-electron chi connectivity index (χ4n) is 2.42. The van der Waals surface area contributed by atoms with Crippen molar-refractivity contribution in [3.8, 4) is 5.75 Å². The van der Waals surface area contributed by atoms with Gasteiger partial charge in [-0.25, -0.2) is 4.39 Å². The van der Waals surface area contributed by atoms with Gasteiger partial charge in [-0.1, -0.05) is 23.7 Å². The van der Waals surface area contributed by atoms with Gasteiger partial charge in [-0.05, 0) is 35.9 Å². The van der Waals surface area contributed by atoms with Gasteiger partial charge in [-0.15, -0.1) is 11.8 Å². The van der Waals surface area contributed by atoms with Crippen molar-refractivity contribution in [2.24, 2.45) is 0 Å². The lowest BCUT2D eigenvalue weighted by Crippen LogP contribution is -2.27. The van der Waals surface area contributed by atoms with E-state index in [1.54, 1.807) is 29.2 Å². The molecule has 0 N–H and O–H groups in total. The second-order valence-electron chi connectivity index (χ2n) is 4.80. The Labute approximate surface area is 137 Å². The summed E-state index contributed by atoms with van der Waals surface area (Å²) in [5.41, 5.74) is 1.43. The number of carbonyl (C=O) groups excluding carboxylic acids is 1. The summed E-state index contributed by atoms with van der Waals surface area (Å²) >= 11 is 7.61. The minimum absolute atomic E-state index is 0.0273. The number of anilines is 1. The number of thioether (sulfide) groups is 1. The number of nitrogens with zero attached hydrogens (tertiary/aromatic N) is 1. The molecule has 0 aliphatic carbocycles. The van der Waals surface area contributed by atoms with Crippen LogP contribution in [0.25, 0.3) is 0 Å². The van der Waals surface area contributed by atoms with E-state index in [0.29, 0.717) is 22.2 Å². The van der Waals surface area contributed by atoms with Crippen LogP contribution in [0.15, 0.2) is 42.5 Å².